The van der Waals surface area contributed by atoms with Crippen LogP contribution in [0.3, 0.4) is 0 Å². The summed E-state index contributed by atoms with van der Waals surface area (Å²) >= 11 is 0. The first-order chi connectivity index (χ1) is 10.7. The highest BCUT2D eigenvalue weighted by molar-refractivity contribution is 5.91. The molecule has 0 saturated carbocycles. The van der Waals surface area contributed by atoms with Gasteiger partial charge in [0.2, 0.25) is 0 Å². The number of benzene rings is 1. The van der Waals surface area contributed by atoms with Crippen molar-refractivity contribution in [2.24, 2.45) is 0 Å². The zero-order valence-electron chi connectivity index (χ0n) is 13.2. The molecule has 1 aromatic rings. The van der Waals surface area contributed by atoms with Crippen LogP contribution >= 0.6 is 0 Å². The molecule has 0 fully saturated rings. The predicted octanol–water partition coefficient (Wildman–Crippen LogP) is 2.73. The van der Waals surface area contributed by atoms with Crippen LogP contribution in [0.4, 0.5) is 0 Å². The number of hydrogen-bond acceptors (Lipinski definition) is 4. The number of carbonyl (C=O) groups is 2. The maximum Gasteiger partial charge on any atom is 0.328 e. The normalized spacial score (nSPS) is 19.1. The molecule has 0 aliphatic carbocycles. The number of carbonyl (C=O) groups excluding carboxylic acids is 2. The van der Waals surface area contributed by atoms with E-state index in [0.29, 0.717) is 12.8 Å². The highest BCUT2D eigenvalue weighted by Crippen LogP contribution is 2.23. The number of nitrogens with zero attached hydrogens (tertiary/aromatic N) is 1. The van der Waals surface area contributed by atoms with Crippen molar-refractivity contribution in [2.45, 2.75) is 44.7 Å². The standard InChI is InChI=1S/C18H23NO3/c1-3-7-15-13-16(20)10-11-19(15)17(18(21)22-2)12-14-8-5-4-6-9-14/h4-6,8-11,15,17H,3,7,12-13H2,1-2H3/t15-,17+/m1/s1. The minimum atomic E-state index is -0.395. The molecular formula is C18H23NO3. The lowest BCUT2D eigenvalue weighted by molar-refractivity contribution is -0.147. The number of rotatable bonds is 6. The van der Waals surface area contributed by atoms with E-state index in [2.05, 4.69) is 6.92 Å². The van der Waals surface area contributed by atoms with Gasteiger partial charge < -0.3 is 9.64 Å². The van der Waals surface area contributed by atoms with Crippen molar-refractivity contribution in [2.75, 3.05) is 7.11 Å². The second-order valence-electron chi connectivity index (χ2n) is 5.60. The van der Waals surface area contributed by atoms with E-state index in [4.69, 9.17) is 4.74 Å². The SMILES string of the molecule is CCC[C@@H]1CC(=O)C=CN1[C@@H](Cc1ccccc1)C(=O)OC. The lowest BCUT2D eigenvalue weighted by Gasteiger charge is -2.37. The van der Waals surface area contributed by atoms with Gasteiger partial charge in [-0.15, -0.1) is 0 Å². The van der Waals surface area contributed by atoms with E-state index in [1.165, 1.54) is 7.11 Å². The smallest absolute Gasteiger partial charge is 0.328 e. The van der Waals surface area contributed by atoms with E-state index < -0.39 is 6.04 Å². The quantitative estimate of drug-likeness (QED) is 0.758. The Balaban J connectivity index is 2.25. The molecule has 22 heavy (non-hydrogen) atoms. The fraction of sp³-hybridized carbons (Fsp3) is 0.444. The maximum absolute atomic E-state index is 12.3. The second kappa shape index (κ2) is 7.78. The van der Waals surface area contributed by atoms with Gasteiger partial charge in [0.05, 0.1) is 7.11 Å². The van der Waals surface area contributed by atoms with Crippen LogP contribution in [0.2, 0.25) is 0 Å². The van der Waals surface area contributed by atoms with Crippen LogP contribution < -0.4 is 0 Å². The van der Waals surface area contributed by atoms with Gasteiger partial charge in [0.15, 0.2) is 5.78 Å². The molecule has 0 amide bonds. The third kappa shape index (κ3) is 3.97. The Kier molecular flexibility index (Phi) is 5.75. The van der Waals surface area contributed by atoms with Crippen LogP contribution in [0.1, 0.15) is 31.7 Å². The fourth-order valence-electron chi connectivity index (χ4n) is 2.92. The van der Waals surface area contributed by atoms with E-state index in [9.17, 15) is 9.59 Å². The van der Waals surface area contributed by atoms with Crippen molar-refractivity contribution in [3.05, 3.63) is 48.2 Å². The van der Waals surface area contributed by atoms with Gasteiger partial charge >= 0.3 is 5.97 Å². The van der Waals surface area contributed by atoms with Gasteiger partial charge in [-0.25, -0.2) is 4.79 Å². The van der Waals surface area contributed by atoms with E-state index in [0.717, 1.165) is 18.4 Å². The van der Waals surface area contributed by atoms with Gasteiger partial charge in [0.25, 0.3) is 0 Å². The zero-order chi connectivity index (χ0) is 15.9. The van der Waals surface area contributed by atoms with Crippen LogP contribution in [0.5, 0.6) is 0 Å². The Morgan fingerprint density at radius 2 is 2.09 bits per heavy atom. The topological polar surface area (TPSA) is 46.6 Å². The van der Waals surface area contributed by atoms with Gasteiger partial charge in [-0.3, -0.25) is 4.79 Å². The molecule has 0 N–H and O–H groups in total. The minimum Gasteiger partial charge on any atom is -0.467 e. The molecule has 1 aliphatic rings. The highest BCUT2D eigenvalue weighted by Gasteiger charge is 2.32. The molecule has 1 heterocycles. The molecule has 2 rings (SSSR count). The summed E-state index contributed by atoms with van der Waals surface area (Å²) in [5, 5.41) is 0. The Morgan fingerprint density at radius 3 is 2.73 bits per heavy atom. The average molecular weight is 301 g/mol. The van der Waals surface area contributed by atoms with E-state index in [1.54, 1.807) is 12.3 Å². The Labute approximate surface area is 131 Å². The molecule has 0 saturated heterocycles. The molecule has 1 aromatic carbocycles. The van der Waals surface area contributed by atoms with Crippen LogP contribution in [0.15, 0.2) is 42.6 Å². The molecule has 118 valence electrons. The van der Waals surface area contributed by atoms with Crippen molar-refractivity contribution in [1.29, 1.82) is 0 Å². The lowest BCUT2D eigenvalue weighted by atomic mass is 9.96. The molecule has 0 radical (unpaired) electrons. The monoisotopic (exact) mass is 301 g/mol. The van der Waals surface area contributed by atoms with Crippen molar-refractivity contribution >= 4 is 11.8 Å². The van der Waals surface area contributed by atoms with E-state index in [1.807, 2.05) is 35.2 Å². The number of esters is 1. The summed E-state index contributed by atoms with van der Waals surface area (Å²) < 4.78 is 4.99. The average Bonchev–Trinajstić information content (AvgIpc) is 2.54. The summed E-state index contributed by atoms with van der Waals surface area (Å²) in [7, 11) is 1.41. The Hall–Kier alpha value is -2.10. The molecule has 4 heteroatoms. The molecule has 0 spiro atoms. The largest absolute Gasteiger partial charge is 0.467 e. The van der Waals surface area contributed by atoms with Crippen molar-refractivity contribution < 1.29 is 14.3 Å². The second-order valence-corrected chi connectivity index (χ2v) is 5.60. The fourth-order valence-corrected chi connectivity index (χ4v) is 2.92. The van der Waals surface area contributed by atoms with E-state index in [-0.39, 0.29) is 17.8 Å². The molecule has 1 aliphatic heterocycles. The number of allylic oxidation sites excluding steroid dienone is 1. The van der Waals surface area contributed by atoms with Crippen LogP contribution in [0, 0.1) is 0 Å². The summed E-state index contributed by atoms with van der Waals surface area (Å²) in [5.41, 5.74) is 1.08. The van der Waals surface area contributed by atoms with Crippen LogP contribution in [-0.4, -0.2) is 35.8 Å². The van der Waals surface area contributed by atoms with E-state index >= 15 is 0 Å². The number of ether oxygens (including phenoxy) is 1. The summed E-state index contributed by atoms with van der Waals surface area (Å²) in [6, 6.07) is 9.55. The van der Waals surface area contributed by atoms with Gasteiger partial charge in [0.1, 0.15) is 6.04 Å². The van der Waals surface area contributed by atoms with Gasteiger partial charge in [0, 0.05) is 25.1 Å². The summed E-state index contributed by atoms with van der Waals surface area (Å²) in [4.78, 5) is 26.0. The maximum atomic E-state index is 12.3. The first-order valence-corrected chi connectivity index (χ1v) is 7.76. The van der Waals surface area contributed by atoms with Crippen molar-refractivity contribution in [3.8, 4) is 0 Å². The predicted molar refractivity (Wildman–Crippen MR) is 85.2 cm³/mol. The summed E-state index contributed by atoms with van der Waals surface area (Å²) in [6.45, 7) is 2.09. The molecule has 2 atom stereocenters. The summed E-state index contributed by atoms with van der Waals surface area (Å²) in [6.07, 6.45) is 6.22. The summed E-state index contributed by atoms with van der Waals surface area (Å²) in [5.74, 6) is -0.137. The number of methoxy groups -OCH3 is 1. The zero-order valence-corrected chi connectivity index (χ0v) is 13.2. The van der Waals surface area contributed by atoms with Crippen molar-refractivity contribution in [3.63, 3.8) is 0 Å². The Morgan fingerprint density at radius 1 is 1.36 bits per heavy atom. The van der Waals surface area contributed by atoms with Crippen LogP contribution in [-0.2, 0) is 20.7 Å². The Bertz CT molecular complexity index is 539. The first kappa shape index (κ1) is 16.3. The number of hydrogen-bond donors (Lipinski definition) is 0. The van der Waals surface area contributed by atoms with Gasteiger partial charge in [-0.05, 0) is 18.1 Å². The molecule has 0 unspecified atom stereocenters. The van der Waals surface area contributed by atoms with Crippen molar-refractivity contribution in [1.82, 2.24) is 4.90 Å². The lowest BCUT2D eigenvalue weighted by Crippen LogP contribution is -2.48. The van der Waals surface area contributed by atoms with Gasteiger partial charge in [-0.1, -0.05) is 43.7 Å². The van der Waals surface area contributed by atoms with Gasteiger partial charge in [-0.2, -0.15) is 0 Å². The molecule has 4 nitrogen and oxygen atoms in total. The third-order valence-electron chi connectivity index (χ3n) is 4.02. The third-order valence-corrected chi connectivity index (χ3v) is 4.02. The van der Waals surface area contributed by atoms with Crippen LogP contribution in [0.25, 0.3) is 0 Å². The highest BCUT2D eigenvalue weighted by atomic mass is 16.5. The molecular weight excluding hydrogens is 278 g/mol. The molecule has 0 aromatic heterocycles. The molecule has 0 bridgehead atoms. The first-order valence-electron chi connectivity index (χ1n) is 7.76. The minimum absolute atomic E-state index is 0.0651. The number of ketones is 1.